The third-order valence-electron chi connectivity index (χ3n) is 3.29. The highest BCUT2D eigenvalue weighted by molar-refractivity contribution is 5.46. The van der Waals surface area contributed by atoms with Crippen LogP contribution >= 0.6 is 0 Å². The third-order valence-corrected chi connectivity index (χ3v) is 3.29. The Labute approximate surface area is 120 Å². The van der Waals surface area contributed by atoms with E-state index < -0.39 is 0 Å². The molecule has 0 aliphatic rings. The fraction of sp³-hybridized carbons (Fsp3) is 0.0625. The Kier molecular flexibility index (Phi) is 3.47. The number of rotatable bonds is 3. The van der Waals surface area contributed by atoms with E-state index in [1.165, 1.54) is 0 Å². The molecule has 0 aliphatic carbocycles. The second-order valence-electron chi connectivity index (χ2n) is 4.83. The van der Waals surface area contributed by atoms with Crippen molar-refractivity contribution < 1.29 is 0 Å². The van der Waals surface area contributed by atoms with Crippen molar-refractivity contribution in [1.82, 2.24) is 15.2 Å². The molecular formula is C16H16N4O. The molecule has 0 saturated carbocycles. The van der Waals surface area contributed by atoms with E-state index in [0.717, 1.165) is 28.7 Å². The predicted molar refractivity (Wildman–Crippen MR) is 84.0 cm³/mol. The van der Waals surface area contributed by atoms with Crippen LogP contribution in [0.2, 0.25) is 0 Å². The maximum atomic E-state index is 11.9. The summed E-state index contributed by atoms with van der Waals surface area (Å²) in [5.41, 5.74) is 8.31. The van der Waals surface area contributed by atoms with E-state index in [9.17, 15) is 4.79 Å². The first-order valence-electron chi connectivity index (χ1n) is 6.69. The van der Waals surface area contributed by atoms with Gasteiger partial charge < -0.3 is 10.7 Å². The first-order valence-corrected chi connectivity index (χ1v) is 6.69. The molecule has 106 valence electrons. The van der Waals surface area contributed by atoms with Crippen molar-refractivity contribution in [3.05, 3.63) is 74.8 Å². The number of nitrogen functional groups attached to an aromatic ring is 1. The minimum absolute atomic E-state index is 0.131. The van der Waals surface area contributed by atoms with Crippen molar-refractivity contribution >= 4 is 17.8 Å². The number of anilines is 1. The van der Waals surface area contributed by atoms with Crippen LogP contribution < -0.4 is 21.9 Å². The number of benzene rings is 1. The Hall–Kier alpha value is -2.95. The summed E-state index contributed by atoms with van der Waals surface area (Å²) >= 11 is 0. The van der Waals surface area contributed by atoms with Gasteiger partial charge in [-0.2, -0.15) is 0 Å². The molecule has 0 bridgehead atoms. The van der Waals surface area contributed by atoms with Gasteiger partial charge in [-0.05, 0) is 42.3 Å². The molecule has 21 heavy (non-hydrogen) atoms. The Morgan fingerprint density at radius 3 is 2.62 bits per heavy atom. The Bertz CT molecular complexity index is 883. The summed E-state index contributed by atoms with van der Waals surface area (Å²) in [5.74, 6) is 0. The molecule has 0 saturated heterocycles. The second kappa shape index (κ2) is 5.58. The maximum absolute atomic E-state index is 11.9. The number of hydrogen-bond acceptors (Lipinski definition) is 2. The second-order valence-corrected chi connectivity index (χ2v) is 4.83. The van der Waals surface area contributed by atoms with Crippen LogP contribution in [0.4, 0.5) is 5.69 Å². The lowest BCUT2D eigenvalue weighted by atomic mass is 10.1. The first-order chi connectivity index (χ1) is 10.2. The minimum atomic E-state index is -0.131. The van der Waals surface area contributed by atoms with Crippen molar-refractivity contribution in [2.24, 2.45) is 0 Å². The lowest BCUT2D eigenvalue weighted by molar-refractivity contribution is 1.03. The molecule has 0 spiro atoms. The summed E-state index contributed by atoms with van der Waals surface area (Å²) in [6.45, 7) is 0. The van der Waals surface area contributed by atoms with Crippen LogP contribution in [0.25, 0.3) is 12.2 Å². The highest BCUT2D eigenvalue weighted by Crippen LogP contribution is 2.05. The van der Waals surface area contributed by atoms with E-state index in [0.29, 0.717) is 5.22 Å². The van der Waals surface area contributed by atoms with Gasteiger partial charge >= 0.3 is 0 Å². The predicted octanol–water partition coefficient (Wildman–Crippen LogP) is 0.465. The number of aromatic amines is 3. The molecule has 0 fully saturated rings. The van der Waals surface area contributed by atoms with Gasteiger partial charge in [0.1, 0.15) is 0 Å². The fourth-order valence-electron chi connectivity index (χ4n) is 2.15. The standard InChI is InChI=1S/C16H16N4O/c17-12-6-3-11(4-7-12)5-8-15-14(16(21)20-19-15)10-13-2-1-9-18-13/h1-4,6-10,18-19H,5,17H2,(H,20,21). The zero-order chi connectivity index (χ0) is 14.7. The number of hydrogen-bond donors (Lipinski definition) is 4. The topological polar surface area (TPSA) is 90.5 Å². The van der Waals surface area contributed by atoms with Gasteiger partial charge in [0, 0.05) is 17.6 Å². The number of nitrogens with two attached hydrogens (primary N) is 1. The lowest BCUT2D eigenvalue weighted by Crippen LogP contribution is -2.33. The molecule has 2 heterocycles. The fourth-order valence-corrected chi connectivity index (χ4v) is 2.15. The summed E-state index contributed by atoms with van der Waals surface area (Å²) < 4.78 is 0. The smallest absolute Gasteiger partial charge is 0.271 e. The van der Waals surface area contributed by atoms with Crippen LogP contribution in [-0.2, 0) is 6.42 Å². The molecule has 0 amide bonds. The molecule has 5 nitrogen and oxygen atoms in total. The highest BCUT2D eigenvalue weighted by atomic mass is 16.1. The molecule has 3 aromatic rings. The van der Waals surface area contributed by atoms with Gasteiger partial charge in [-0.15, -0.1) is 0 Å². The van der Waals surface area contributed by atoms with Gasteiger partial charge in [0.25, 0.3) is 5.56 Å². The van der Waals surface area contributed by atoms with Crippen molar-refractivity contribution in [3.63, 3.8) is 0 Å². The summed E-state index contributed by atoms with van der Waals surface area (Å²) in [7, 11) is 0. The van der Waals surface area contributed by atoms with Crippen LogP contribution in [0.3, 0.4) is 0 Å². The third kappa shape index (κ3) is 2.97. The molecule has 2 aromatic heterocycles. The van der Waals surface area contributed by atoms with Gasteiger partial charge in [0.15, 0.2) is 0 Å². The van der Waals surface area contributed by atoms with Gasteiger partial charge in [0.2, 0.25) is 0 Å². The summed E-state index contributed by atoms with van der Waals surface area (Å²) in [6, 6.07) is 11.5. The van der Waals surface area contributed by atoms with Crippen LogP contribution in [-0.4, -0.2) is 15.2 Å². The Morgan fingerprint density at radius 2 is 1.90 bits per heavy atom. The van der Waals surface area contributed by atoms with E-state index in [1.807, 2.05) is 54.7 Å². The van der Waals surface area contributed by atoms with Crippen molar-refractivity contribution in [2.75, 3.05) is 5.73 Å². The zero-order valence-corrected chi connectivity index (χ0v) is 11.4. The van der Waals surface area contributed by atoms with Crippen LogP contribution in [0, 0.1) is 0 Å². The average molecular weight is 280 g/mol. The molecule has 0 atom stereocenters. The largest absolute Gasteiger partial charge is 0.399 e. The number of aromatic nitrogens is 3. The van der Waals surface area contributed by atoms with Gasteiger partial charge in [0.05, 0.1) is 10.6 Å². The first kappa shape index (κ1) is 13.1. The maximum Gasteiger partial charge on any atom is 0.271 e. The van der Waals surface area contributed by atoms with Crippen LogP contribution in [0.15, 0.2) is 47.4 Å². The summed E-state index contributed by atoms with van der Waals surface area (Å²) in [6.07, 6.45) is 6.35. The van der Waals surface area contributed by atoms with E-state index in [-0.39, 0.29) is 5.56 Å². The number of nitrogens with one attached hydrogen (secondary N) is 3. The summed E-state index contributed by atoms with van der Waals surface area (Å²) in [4.78, 5) is 14.9. The number of H-pyrrole nitrogens is 3. The molecular weight excluding hydrogens is 264 g/mol. The summed E-state index contributed by atoms with van der Waals surface area (Å²) in [5, 5.41) is 6.93. The minimum Gasteiger partial charge on any atom is -0.399 e. The van der Waals surface area contributed by atoms with Gasteiger partial charge in [-0.1, -0.05) is 18.2 Å². The Morgan fingerprint density at radius 1 is 1.10 bits per heavy atom. The molecule has 0 radical (unpaired) electrons. The van der Waals surface area contributed by atoms with Crippen molar-refractivity contribution in [2.45, 2.75) is 6.42 Å². The van der Waals surface area contributed by atoms with E-state index in [4.69, 9.17) is 5.73 Å². The van der Waals surface area contributed by atoms with Gasteiger partial charge in [-0.3, -0.25) is 15.0 Å². The van der Waals surface area contributed by atoms with Crippen LogP contribution in [0.1, 0.15) is 11.3 Å². The van der Waals surface area contributed by atoms with Crippen molar-refractivity contribution in [3.8, 4) is 0 Å². The molecule has 5 N–H and O–H groups in total. The van der Waals surface area contributed by atoms with Crippen LogP contribution in [0.5, 0.6) is 0 Å². The van der Waals surface area contributed by atoms with Crippen molar-refractivity contribution in [1.29, 1.82) is 0 Å². The molecule has 1 aromatic carbocycles. The van der Waals surface area contributed by atoms with E-state index in [1.54, 1.807) is 0 Å². The SMILES string of the molecule is Nc1ccc(CC=c2[nH][nH]c(=O)c2=Cc2ccc[nH]2)cc1. The Balaban J connectivity index is 1.98. The normalized spacial score (nSPS) is 13.0. The molecule has 0 unspecified atom stereocenters. The highest BCUT2D eigenvalue weighted by Gasteiger charge is 1.97. The van der Waals surface area contributed by atoms with E-state index in [2.05, 4.69) is 15.2 Å². The molecule has 3 rings (SSSR count). The van der Waals surface area contributed by atoms with Gasteiger partial charge in [-0.25, -0.2) is 0 Å². The molecule has 0 aliphatic heterocycles. The average Bonchev–Trinajstić information content (AvgIpc) is 3.11. The monoisotopic (exact) mass is 280 g/mol. The zero-order valence-electron chi connectivity index (χ0n) is 11.4. The van der Waals surface area contributed by atoms with E-state index >= 15 is 0 Å². The lowest BCUT2D eigenvalue weighted by Gasteiger charge is -1.96. The molecule has 5 heteroatoms. The quantitative estimate of drug-likeness (QED) is 0.525.